The molecular weight excluding hydrogens is 436 g/mol. The summed E-state index contributed by atoms with van der Waals surface area (Å²) in [6, 6.07) is 10.1. The fraction of sp³-hybridized carbons (Fsp3) is 0.227. The molecule has 0 radical (unpaired) electrons. The molecule has 1 saturated heterocycles. The van der Waals surface area contributed by atoms with Gasteiger partial charge in [0.25, 0.3) is 11.1 Å². The zero-order chi connectivity index (χ0) is 23.4. The van der Waals surface area contributed by atoms with Crippen LogP contribution in [0.3, 0.4) is 0 Å². The molecule has 0 aliphatic carbocycles. The molecule has 0 atom stereocenters. The van der Waals surface area contributed by atoms with Crippen LogP contribution in [0.15, 0.2) is 41.3 Å². The van der Waals surface area contributed by atoms with Crippen molar-refractivity contribution in [2.45, 2.75) is 27.3 Å². The quantitative estimate of drug-likeness (QED) is 0.197. The van der Waals surface area contributed by atoms with Gasteiger partial charge in [-0.05, 0) is 49.4 Å². The van der Waals surface area contributed by atoms with Crippen LogP contribution in [-0.2, 0) is 16.1 Å². The number of carbonyl (C=O) groups is 3. The summed E-state index contributed by atoms with van der Waals surface area (Å²) in [7, 11) is 0. The van der Waals surface area contributed by atoms with Crippen LogP contribution in [0.5, 0.6) is 11.5 Å². The van der Waals surface area contributed by atoms with Crippen LogP contribution in [-0.4, -0.2) is 33.5 Å². The summed E-state index contributed by atoms with van der Waals surface area (Å²) in [5.74, 6) is -1.53. The van der Waals surface area contributed by atoms with E-state index in [0.717, 1.165) is 16.0 Å². The van der Waals surface area contributed by atoms with Crippen LogP contribution < -0.4 is 9.47 Å². The number of thioether (sulfide) groups is 1. The number of hydrogen-bond acceptors (Lipinski definition) is 8. The van der Waals surface area contributed by atoms with Gasteiger partial charge in [0.15, 0.2) is 5.75 Å². The van der Waals surface area contributed by atoms with E-state index >= 15 is 0 Å². The molecule has 1 aliphatic rings. The van der Waals surface area contributed by atoms with E-state index < -0.39 is 27.7 Å². The fourth-order valence-electron chi connectivity index (χ4n) is 3.16. The summed E-state index contributed by atoms with van der Waals surface area (Å²) >= 11 is 0.704. The highest BCUT2D eigenvalue weighted by atomic mass is 32.2. The number of benzene rings is 2. The molecule has 0 unspecified atom stereocenters. The van der Waals surface area contributed by atoms with Crippen molar-refractivity contribution in [2.75, 3.05) is 6.61 Å². The lowest BCUT2D eigenvalue weighted by molar-refractivity contribution is -0.386. The molecule has 3 rings (SSSR count). The monoisotopic (exact) mass is 456 g/mol. The highest BCUT2D eigenvalue weighted by Crippen LogP contribution is 2.42. The van der Waals surface area contributed by atoms with Crippen molar-refractivity contribution in [2.24, 2.45) is 0 Å². The number of carbonyl (C=O) groups excluding carboxylic acids is 3. The first-order valence-corrected chi connectivity index (χ1v) is 10.5. The lowest BCUT2D eigenvalue weighted by Crippen LogP contribution is -2.27. The topological polar surface area (TPSA) is 116 Å². The minimum Gasteiger partial charge on any atom is -0.485 e. The van der Waals surface area contributed by atoms with E-state index in [1.54, 1.807) is 6.92 Å². The summed E-state index contributed by atoms with van der Waals surface area (Å²) < 4.78 is 10.4. The molecule has 0 saturated carbocycles. The SMILES string of the molecule is CCOc1c(OC(C)=O)ccc(/C=C2\SC(=O)N(Cc3cccc(C)c3)C2=O)c1[N+](=O)[O-]. The van der Waals surface area contributed by atoms with Gasteiger partial charge < -0.3 is 9.47 Å². The highest BCUT2D eigenvalue weighted by Gasteiger charge is 2.36. The van der Waals surface area contributed by atoms with Gasteiger partial charge in [0, 0.05) is 6.92 Å². The second kappa shape index (κ2) is 9.65. The molecule has 0 N–H and O–H groups in total. The summed E-state index contributed by atoms with van der Waals surface area (Å²) in [5, 5.41) is 11.3. The Morgan fingerprint density at radius 2 is 2.00 bits per heavy atom. The van der Waals surface area contributed by atoms with Crippen molar-refractivity contribution in [3.8, 4) is 11.5 Å². The van der Waals surface area contributed by atoms with E-state index in [2.05, 4.69) is 0 Å². The predicted octanol–water partition coefficient (Wildman–Crippen LogP) is 4.46. The molecule has 1 heterocycles. The lowest BCUT2D eigenvalue weighted by atomic mass is 10.1. The van der Waals surface area contributed by atoms with Gasteiger partial charge in [0.1, 0.15) is 0 Å². The number of aryl methyl sites for hydroxylation is 1. The van der Waals surface area contributed by atoms with Crippen LogP contribution >= 0.6 is 11.8 Å². The number of imide groups is 1. The Hall–Kier alpha value is -3.66. The number of nitro benzene ring substituents is 1. The van der Waals surface area contributed by atoms with Gasteiger partial charge in [-0.3, -0.25) is 29.4 Å². The summed E-state index contributed by atoms with van der Waals surface area (Å²) in [6.45, 7) is 4.89. The fourth-order valence-corrected chi connectivity index (χ4v) is 3.99. The summed E-state index contributed by atoms with van der Waals surface area (Å²) in [5.41, 5.74) is 1.38. The number of hydrogen-bond donors (Lipinski definition) is 0. The predicted molar refractivity (Wildman–Crippen MR) is 118 cm³/mol. The Morgan fingerprint density at radius 3 is 2.62 bits per heavy atom. The van der Waals surface area contributed by atoms with Crippen molar-refractivity contribution in [3.05, 3.63) is 68.1 Å². The number of ether oxygens (including phenoxy) is 2. The molecule has 10 heteroatoms. The number of amides is 2. The van der Waals surface area contributed by atoms with Crippen LogP contribution in [0, 0.1) is 17.0 Å². The van der Waals surface area contributed by atoms with Crippen LogP contribution in [0.4, 0.5) is 10.5 Å². The molecule has 0 spiro atoms. The van der Waals surface area contributed by atoms with E-state index in [1.165, 1.54) is 25.1 Å². The first kappa shape index (κ1) is 23.0. The lowest BCUT2D eigenvalue weighted by Gasteiger charge is -2.13. The van der Waals surface area contributed by atoms with Gasteiger partial charge in [-0.15, -0.1) is 0 Å². The zero-order valence-corrected chi connectivity index (χ0v) is 18.4. The minimum atomic E-state index is -0.680. The van der Waals surface area contributed by atoms with E-state index in [9.17, 15) is 24.5 Å². The Balaban J connectivity index is 1.99. The number of nitrogens with zero attached hydrogens (tertiary/aromatic N) is 2. The second-order valence-corrected chi connectivity index (χ2v) is 7.86. The van der Waals surface area contributed by atoms with Gasteiger partial charge in [0.05, 0.1) is 28.5 Å². The average molecular weight is 456 g/mol. The van der Waals surface area contributed by atoms with E-state index in [1.807, 2.05) is 31.2 Å². The van der Waals surface area contributed by atoms with Gasteiger partial charge in [-0.25, -0.2) is 0 Å². The molecular formula is C22H20N2O7S. The third-order valence-corrected chi connectivity index (χ3v) is 5.34. The van der Waals surface area contributed by atoms with Gasteiger partial charge in [-0.2, -0.15) is 0 Å². The maximum atomic E-state index is 12.9. The minimum absolute atomic E-state index is 0.0495. The van der Waals surface area contributed by atoms with Crippen molar-refractivity contribution in [3.63, 3.8) is 0 Å². The first-order chi connectivity index (χ1) is 15.2. The molecule has 9 nitrogen and oxygen atoms in total. The smallest absolute Gasteiger partial charge is 0.322 e. The van der Waals surface area contributed by atoms with Gasteiger partial charge in [0.2, 0.25) is 5.75 Å². The summed E-state index contributed by atoms with van der Waals surface area (Å²) in [4.78, 5) is 48.9. The molecule has 0 aromatic heterocycles. The number of nitro groups is 1. The van der Waals surface area contributed by atoms with E-state index in [0.29, 0.717) is 11.8 Å². The molecule has 2 amide bonds. The zero-order valence-electron chi connectivity index (χ0n) is 17.6. The third-order valence-electron chi connectivity index (χ3n) is 4.43. The van der Waals surface area contributed by atoms with E-state index in [4.69, 9.17) is 9.47 Å². The maximum Gasteiger partial charge on any atom is 0.322 e. The second-order valence-electron chi connectivity index (χ2n) is 6.87. The van der Waals surface area contributed by atoms with Crippen molar-refractivity contribution in [1.82, 2.24) is 4.90 Å². The molecule has 1 fully saturated rings. The number of esters is 1. The van der Waals surface area contributed by atoms with Gasteiger partial charge in [-0.1, -0.05) is 29.8 Å². The van der Waals surface area contributed by atoms with Crippen LogP contribution in [0.2, 0.25) is 0 Å². The van der Waals surface area contributed by atoms with Crippen molar-refractivity contribution < 1.29 is 28.8 Å². The van der Waals surface area contributed by atoms with E-state index in [-0.39, 0.29) is 35.1 Å². The Morgan fingerprint density at radius 1 is 1.25 bits per heavy atom. The Bertz CT molecular complexity index is 1140. The average Bonchev–Trinajstić information content (AvgIpc) is 2.97. The molecule has 0 bridgehead atoms. The standard InChI is InChI=1S/C22H20N2O7S/c1-4-30-20-17(31-14(3)25)9-8-16(19(20)24(28)29)11-18-21(26)23(22(27)32-18)12-15-7-5-6-13(2)10-15/h5-11H,4,12H2,1-3H3/b18-11-. The molecule has 2 aromatic rings. The van der Waals surface area contributed by atoms with Crippen LogP contribution in [0.1, 0.15) is 30.5 Å². The van der Waals surface area contributed by atoms with Gasteiger partial charge >= 0.3 is 11.7 Å². The molecule has 32 heavy (non-hydrogen) atoms. The Labute approximate surface area is 188 Å². The third kappa shape index (κ3) is 4.97. The number of rotatable bonds is 7. The highest BCUT2D eigenvalue weighted by molar-refractivity contribution is 8.18. The first-order valence-electron chi connectivity index (χ1n) is 9.64. The molecule has 166 valence electrons. The largest absolute Gasteiger partial charge is 0.485 e. The normalized spacial score (nSPS) is 14.7. The van der Waals surface area contributed by atoms with Crippen molar-refractivity contribution >= 4 is 40.6 Å². The molecule has 2 aromatic carbocycles. The van der Waals surface area contributed by atoms with Crippen LogP contribution in [0.25, 0.3) is 6.08 Å². The Kier molecular flexibility index (Phi) is 6.94. The molecule has 1 aliphatic heterocycles. The van der Waals surface area contributed by atoms with Crippen molar-refractivity contribution in [1.29, 1.82) is 0 Å². The maximum absolute atomic E-state index is 12.9. The summed E-state index contributed by atoms with van der Waals surface area (Å²) in [6.07, 6.45) is 1.28.